The number of ether oxygens (including phenoxy) is 1. The molecule has 0 fully saturated rings. The molecule has 17 heavy (non-hydrogen) atoms. The lowest BCUT2D eigenvalue weighted by atomic mass is 10.3. The number of nitrogens with two attached hydrogens (primary N) is 1. The third-order valence-corrected chi connectivity index (χ3v) is 3.06. The summed E-state index contributed by atoms with van der Waals surface area (Å²) in [5.74, 6) is 1.94. The molecular formula is C10H17N3O3S. The summed E-state index contributed by atoms with van der Waals surface area (Å²) < 4.78 is 9.56. The normalized spacial score (nSPS) is 12.4. The molecule has 0 aromatic carbocycles. The van der Waals surface area contributed by atoms with Gasteiger partial charge in [-0.15, -0.1) is 0 Å². The van der Waals surface area contributed by atoms with Crippen molar-refractivity contribution in [1.29, 1.82) is 0 Å². The van der Waals surface area contributed by atoms with Crippen molar-refractivity contribution in [2.75, 3.05) is 12.9 Å². The highest BCUT2D eigenvalue weighted by Crippen LogP contribution is 2.11. The molecule has 0 saturated heterocycles. The van der Waals surface area contributed by atoms with Crippen LogP contribution in [0.25, 0.3) is 0 Å². The zero-order chi connectivity index (χ0) is 12.7. The van der Waals surface area contributed by atoms with E-state index in [1.165, 1.54) is 18.9 Å². The van der Waals surface area contributed by atoms with Gasteiger partial charge in [-0.1, -0.05) is 12.1 Å². The van der Waals surface area contributed by atoms with Gasteiger partial charge in [0.25, 0.3) is 0 Å². The van der Waals surface area contributed by atoms with Crippen LogP contribution in [-0.2, 0) is 21.7 Å². The van der Waals surface area contributed by atoms with E-state index >= 15 is 0 Å². The van der Waals surface area contributed by atoms with E-state index in [2.05, 4.69) is 14.9 Å². The molecule has 6 nitrogen and oxygen atoms in total. The van der Waals surface area contributed by atoms with E-state index in [1.54, 1.807) is 0 Å². The number of carbonyl (C=O) groups is 1. The van der Waals surface area contributed by atoms with Gasteiger partial charge in [-0.25, -0.2) is 0 Å². The number of hydrogen-bond acceptors (Lipinski definition) is 7. The Labute approximate surface area is 104 Å². The van der Waals surface area contributed by atoms with Gasteiger partial charge in [0.2, 0.25) is 5.89 Å². The van der Waals surface area contributed by atoms with E-state index in [4.69, 9.17) is 10.3 Å². The number of methoxy groups -OCH3 is 1. The van der Waals surface area contributed by atoms with E-state index in [0.717, 1.165) is 12.8 Å². The third kappa shape index (κ3) is 4.74. The Morgan fingerprint density at radius 3 is 3.06 bits per heavy atom. The number of esters is 1. The van der Waals surface area contributed by atoms with E-state index in [0.29, 0.717) is 23.2 Å². The van der Waals surface area contributed by atoms with Crippen molar-refractivity contribution in [3.05, 3.63) is 11.7 Å². The fraction of sp³-hybridized carbons (Fsp3) is 0.700. The quantitative estimate of drug-likeness (QED) is 0.722. The monoisotopic (exact) mass is 259 g/mol. The van der Waals surface area contributed by atoms with E-state index in [9.17, 15) is 4.79 Å². The Balaban J connectivity index is 2.28. The largest absolute Gasteiger partial charge is 0.468 e. The van der Waals surface area contributed by atoms with Crippen LogP contribution in [0.1, 0.15) is 25.1 Å². The van der Waals surface area contributed by atoms with Gasteiger partial charge in [-0.3, -0.25) is 4.79 Å². The Morgan fingerprint density at radius 2 is 2.41 bits per heavy atom. The second-order valence-electron chi connectivity index (χ2n) is 3.50. The van der Waals surface area contributed by atoms with Crippen LogP contribution in [0.15, 0.2) is 4.52 Å². The molecule has 1 aromatic rings. The predicted molar refractivity (Wildman–Crippen MR) is 64.4 cm³/mol. The van der Waals surface area contributed by atoms with Gasteiger partial charge >= 0.3 is 5.97 Å². The number of aryl methyl sites for hydroxylation is 1. The third-order valence-electron chi connectivity index (χ3n) is 2.01. The molecule has 1 atom stereocenters. The standard InChI is InChI=1S/C10H17N3O3S/c1-3-4-9-12-8(13-16-9)6-17-5-7(11)10(14)15-2/h7H,3-6,11H2,1-2H3. The SMILES string of the molecule is CCCc1nc(CSCC(N)C(=O)OC)no1. The number of rotatable bonds is 7. The summed E-state index contributed by atoms with van der Waals surface area (Å²) in [5, 5.41) is 3.83. The van der Waals surface area contributed by atoms with Crippen LogP contribution < -0.4 is 5.73 Å². The molecule has 0 aliphatic heterocycles. The number of carbonyl (C=O) groups excluding carboxylic acids is 1. The summed E-state index contributed by atoms with van der Waals surface area (Å²) in [7, 11) is 1.32. The van der Waals surface area contributed by atoms with Crippen molar-refractivity contribution in [1.82, 2.24) is 10.1 Å². The van der Waals surface area contributed by atoms with Crippen LogP contribution >= 0.6 is 11.8 Å². The maximum atomic E-state index is 11.0. The lowest BCUT2D eigenvalue weighted by molar-refractivity contribution is -0.141. The average molecular weight is 259 g/mol. The van der Waals surface area contributed by atoms with Crippen LogP contribution in [0.2, 0.25) is 0 Å². The fourth-order valence-corrected chi connectivity index (χ4v) is 1.97. The highest BCUT2D eigenvalue weighted by molar-refractivity contribution is 7.98. The first kappa shape index (κ1) is 14.0. The fourth-order valence-electron chi connectivity index (χ4n) is 1.16. The summed E-state index contributed by atoms with van der Waals surface area (Å²) in [5.41, 5.74) is 5.59. The van der Waals surface area contributed by atoms with Crippen molar-refractivity contribution >= 4 is 17.7 Å². The minimum atomic E-state index is -0.605. The Bertz CT molecular complexity index is 356. The number of hydrogen-bond donors (Lipinski definition) is 1. The van der Waals surface area contributed by atoms with Crippen LogP contribution in [0, 0.1) is 0 Å². The number of aromatic nitrogens is 2. The van der Waals surface area contributed by atoms with Crippen LogP contribution in [0.4, 0.5) is 0 Å². The Hall–Kier alpha value is -1.08. The maximum absolute atomic E-state index is 11.0. The molecule has 96 valence electrons. The van der Waals surface area contributed by atoms with Gasteiger partial charge in [-0.2, -0.15) is 16.7 Å². The predicted octanol–water partition coefficient (Wildman–Crippen LogP) is 0.756. The topological polar surface area (TPSA) is 91.2 Å². The highest BCUT2D eigenvalue weighted by atomic mass is 32.2. The molecule has 0 radical (unpaired) electrons. The smallest absolute Gasteiger partial charge is 0.323 e. The van der Waals surface area contributed by atoms with Crippen LogP contribution in [-0.4, -0.2) is 35.0 Å². The molecule has 0 spiro atoms. The molecule has 2 N–H and O–H groups in total. The summed E-state index contributed by atoms with van der Waals surface area (Å²) >= 11 is 1.48. The summed E-state index contributed by atoms with van der Waals surface area (Å²) in [4.78, 5) is 15.2. The van der Waals surface area contributed by atoms with Gasteiger partial charge in [-0.05, 0) is 6.42 Å². The molecular weight excluding hydrogens is 242 g/mol. The Morgan fingerprint density at radius 1 is 1.65 bits per heavy atom. The first-order valence-corrected chi connectivity index (χ1v) is 6.55. The lowest BCUT2D eigenvalue weighted by Crippen LogP contribution is -2.33. The van der Waals surface area contributed by atoms with E-state index < -0.39 is 12.0 Å². The summed E-state index contributed by atoms with van der Waals surface area (Å²) in [6.45, 7) is 2.05. The second-order valence-corrected chi connectivity index (χ2v) is 4.53. The van der Waals surface area contributed by atoms with Crippen molar-refractivity contribution in [3.8, 4) is 0 Å². The van der Waals surface area contributed by atoms with Gasteiger partial charge in [0.1, 0.15) is 6.04 Å². The molecule has 0 aliphatic rings. The van der Waals surface area contributed by atoms with Gasteiger partial charge in [0, 0.05) is 12.2 Å². The summed E-state index contributed by atoms with van der Waals surface area (Å²) in [6, 6.07) is -0.605. The highest BCUT2D eigenvalue weighted by Gasteiger charge is 2.14. The van der Waals surface area contributed by atoms with Crippen LogP contribution in [0.5, 0.6) is 0 Å². The van der Waals surface area contributed by atoms with Crippen LogP contribution in [0.3, 0.4) is 0 Å². The molecule has 1 aromatic heterocycles. The summed E-state index contributed by atoms with van der Waals surface area (Å²) in [6.07, 6.45) is 1.77. The number of thioether (sulfide) groups is 1. The molecule has 0 bridgehead atoms. The molecule has 1 unspecified atom stereocenters. The Kier molecular flexibility index (Phi) is 5.99. The zero-order valence-electron chi connectivity index (χ0n) is 10.0. The van der Waals surface area contributed by atoms with Crippen molar-refractivity contribution < 1.29 is 14.1 Å². The minimum absolute atomic E-state index is 0.405. The zero-order valence-corrected chi connectivity index (χ0v) is 10.8. The molecule has 1 rings (SSSR count). The van der Waals surface area contributed by atoms with E-state index in [-0.39, 0.29) is 0 Å². The first-order valence-electron chi connectivity index (χ1n) is 5.40. The van der Waals surface area contributed by atoms with E-state index in [1.807, 2.05) is 6.92 Å². The molecule has 0 amide bonds. The van der Waals surface area contributed by atoms with Gasteiger partial charge in [0.05, 0.1) is 12.9 Å². The minimum Gasteiger partial charge on any atom is -0.468 e. The molecule has 7 heteroatoms. The molecule has 0 saturated carbocycles. The first-order chi connectivity index (χ1) is 8.17. The van der Waals surface area contributed by atoms with Gasteiger partial charge in [0.15, 0.2) is 5.82 Å². The average Bonchev–Trinajstić information content (AvgIpc) is 2.76. The number of nitrogens with zero attached hydrogens (tertiary/aromatic N) is 2. The maximum Gasteiger partial charge on any atom is 0.323 e. The van der Waals surface area contributed by atoms with Crippen molar-refractivity contribution in [3.63, 3.8) is 0 Å². The molecule has 0 aliphatic carbocycles. The lowest BCUT2D eigenvalue weighted by Gasteiger charge is -2.06. The second kappa shape index (κ2) is 7.29. The van der Waals surface area contributed by atoms with Crippen molar-refractivity contribution in [2.45, 2.75) is 31.6 Å². The molecule has 1 heterocycles. The van der Waals surface area contributed by atoms with Gasteiger partial charge < -0.3 is 15.0 Å². The van der Waals surface area contributed by atoms with Crippen molar-refractivity contribution in [2.24, 2.45) is 5.73 Å².